The van der Waals surface area contributed by atoms with Crippen molar-refractivity contribution in [2.45, 2.75) is 36.5 Å². The van der Waals surface area contributed by atoms with E-state index in [4.69, 9.17) is 15.5 Å². The number of nitrogens with two attached hydrogens (primary N) is 1. The van der Waals surface area contributed by atoms with E-state index in [0.29, 0.717) is 5.82 Å². The van der Waals surface area contributed by atoms with Gasteiger partial charge in [0.05, 0.1) is 17.7 Å². The van der Waals surface area contributed by atoms with E-state index in [1.54, 1.807) is 18.9 Å². The van der Waals surface area contributed by atoms with Gasteiger partial charge in [0.15, 0.2) is 5.82 Å². The van der Waals surface area contributed by atoms with Gasteiger partial charge < -0.3 is 10.5 Å². The second-order valence-corrected chi connectivity index (χ2v) is 7.98. The van der Waals surface area contributed by atoms with E-state index in [1.807, 2.05) is 23.5 Å². The van der Waals surface area contributed by atoms with Gasteiger partial charge in [0.2, 0.25) is 0 Å². The zero-order valence-corrected chi connectivity index (χ0v) is 15.2. The fourth-order valence-electron chi connectivity index (χ4n) is 2.95. The first kappa shape index (κ1) is 15.7. The number of ether oxygens (including phenoxy) is 1. The molecule has 4 rings (SSSR count). The van der Waals surface area contributed by atoms with Crippen LogP contribution in [0.25, 0.3) is 10.6 Å². The van der Waals surface area contributed by atoms with Crippen molar-refractivity contribution in [1.29, 1.82) is 0 Å². The van der Waals surface area contributed by atoms with Crippen LogP contribution in [0.4, 0.5) is 5.82 Å². The molecule has 24 heavy (non-hydrogen) atoms. The highest BCUT2D eigenvalue weighted by Gasteiger charge is 2.23. The highest BCUT2D eigenvalue weighted by Crippen LogP contribution is 2.43. The summed E-state index contributed by atoms with van der Waals surface area (Å²) < 4.78 is 5.20. The molecule has 6 heteroatoms. The minimum absolute atomic E-state index is 0.562. The minimum Gasteiger partial charge on any atom is -0.497 e. The SMILES string of the molecule is COc1ccc(CSc2nc(N)c3nc4c(sc2-3)CCCC4)cc1. The van der Waals surface area contributed by atoms with Crippen molar-refractivity contribution < 1.29 is 4.74 Å². The molecule has 0 atom stereocenters. The molecule has 3 aliphatic rings. The van der Waals surface area contributed by atoms with Crippen LogP contribution in [0, 0.1) is 0 Å². The quantitative estimate of drug-likeness (QED) is 0.701. The Morgan fingerprint density at radius 2 is 1.96 bits per heavy atom. The lowest BCUT2D eigenvalue weighted by Crippen LogP contribution is -2.05. The molecule has 0 bridgehead atoms. The Morgan fingerprint density at radius 3 is 2.75 bits per heavy atom. The number of hydrogen-bond acceptors (Lipinski definition) is 6. The van der Waals surface area contributed by atoms with Gasteiger partial charge in [-0.05, 0) is 43.4 Å². The first-order chi connectivity index (χ1) is 11.7. The van der Waals surface area contributed by atoms with E-state index < -0.39 is 0 Å². The molecular weight excluding hydrogens is 338 g/mol. The van der Waals surface area contributed by atoms with Crippen LogP contribution < -0.4 is 10.5 Å². The molecule has 2 heterocycles. The number of hydrogen-bond donors (Lipinski definition) is 1. The maximum absolute atomic E-state index is 6.12. The molecule has 0 saturated heterocycles. The maximum Gasteiger partial charge on any atom is 0.152 e. The Hall–Kier alpha value is -1.79. The average Bonchev–Trinajstić information content (AvgIpc) is 2.94. The van der Waals surface area contributed by atoms with Crippen LogP contribution in [-0.4, -0.2) is 17.1 Å². The number of aryl methyl sites for hydroxylation is 2. The number of aromatic nitrogens is 2. The van der Waals surface area contributed by atoms with Crippen LogP contribution in [0.3, 0.4) is 0 Å². The molecule has 4 nitrogen and oxygen atoms in total. The lowest BCUT2D eigenvalue weighted by atomic mass is 10.0. The normalized spacial score (nSPS) is 13.9. The molecule has 0 fully saturated rings. The zero-order chi connectivity index (χ0) is 16.5. The average molecular weight is 358 g/mol. The maximum atomic E-state index is 6.12. The molecule has 0 saturated carbocycles. The Kier molecular flexibility index (Phi) is 4.33. The summed E-state index contributed by atoms with van der Waals surface area (Å²) in [5, 5.41) is 1.00. The van der Waals surface area contributed by atoms with Gasteiger partial charge in [-0.25, -0.2) is 9.97 Å². The molecule has 0 aromatic heterocycles. The first-order valence-electron chi connectivity index (χ1n) is 8.08. The second kappa shape index (κ2) is 6.61. The van der Waals surface area contributed by atoms with Crippen LogP contribution in [0.5, 0.6) is 5.75 Å². The molecular formula is C18H19N3OS2. The minimum atomic E-state index is 0.562. The Balaban J connectivity index is 1.59. The van der Waals surface area contributed by atoms with Crippen molar-refractivity contribution in [2.75, 3.05) is 12.8 Å². The van der Waals surface area contributed by atoms with Gasteiger partial charge in [-0.1, -0.05) is 12.1 Å². The summed E-state index contributed by atoms with van der Waals surface area (Å²) in [6, 6.07) is 8.15. The monoisotopic (exact) mass is 357 g/mol. The predicted octanol–water partition coefficient (Wildman–Crippen LogP) is 4.40. The smallest absolute Gasteiger partial charge is 0.152 e. The van der Waals surface area contributed by atoms with E-state index in [9.17, 15) is 0 Å². The van der Waals surface area contributed by atoms with E-state index in [0.717, 1.165) is 39.9 Å². The lowest BCUT2D eigenvalue weighted by Gasteiger charge is -2.15. The number of anilines is 1. The molecule has 2 aliphatic heterocycles. The summed E-state index contributed by atoms with van der Waals surface area (Å²) >= 11 is 3.56. The largest absolute Gasteiger partial charge is 0.497 e. The predicted molar refractivity (Wildman–Crippen MR) is 100 cm³/mol. The van der Waals surface area contributed by atoms with Crippen molar-refractivity contribution in [1.82, 2.24) is 9.97 Å². The van der Waals surface area contributed by atoms with Crippen molar-refractivity contribution in [3.63, 3.8) is 0 Å². The van der Waals surface area contributed by atoms with Gasteiger partial charge in [0.1, 0.15) is 16.5 Å². The van der Waals surface area contributed by atoms with Crippen LogP contribution in [-0.2, 0) is 18.6 Å². The molecule has 0 amide bonds. The molecule has 1 aliphatic carbocycles. The summed E-state index contributed by atoms with van der Waals surface area (Å²) in [5.41, 5.74) is 9.48. The Labute approximate surface area is 149 Å². The molecule has 124 valence electrons. The fraction of sp³-hybridized carbons (Fsp3) is 0.333. The van der Waals surface area contributed by atoms with Crippen molar-refractivity contribution in [3.05, 3.63) is 40.4 Å². The molecule has 0 spiro atoms. The molecule has 0 radical (unpaired) electrons. The molecule has 2 N–H and O–H groups in total. The number of nitrogen functional groups attached to an aromatic ring is 1. The van der Waals surface area contributed by atoms with Gasteiger partial charge in [0, 0.05) is 10.6 Å². The molecule has 1 aromatic carbocycles. The van der Waals surface area contributed by atoms with E-state index >= 15 is 0 Å². The summed E-state index contributed by atoms with van der Waals surface area (Å²) in [6.45, 7) is 0. The van der Waals surface area contributed by atoms with Crippen molar-refractivity contribution >= 4 is 28.9 Å². The van der Waals surface area contributed by atoms with Crippen LogP contribution >= 0.6 is 23.1 Å². The van der Waals surface area contributed by atoms with Crippen molar-refractivity contribution in [2.24, 2.45) is 0 Å². The third-order valence-electron chi connectivity index (χ3n) is 4.27. The Bertz CT molecular complexity index is 829. The molecule has 0 unspecified atom stereocenters. The number of thioether (sulfide) groups is 1. The zero-order valence-electron chi connectivity index (χ0n) is 13.5. The highest BCUT2D eigenvalue weighted by molar-refractivity contribution is 7.98. The van der Waals surface area contributed by atoms with E-state index in [-0.39, 0.29) is 0 Å². The second-order valence-electron chi connectivity index (χ2n) is 5.91. The number of fused-ring (bicyclic) bond motifs is 2. The van der Waals surface area contributed by atoms with E-state index in [2.05, 4.69) is 17.1 Å². The first-order valence-corrected chi connectivity index (χ1v) is 9.88. The van der Waals surface area contributed by atoms with Gasteiger partial charge in [-0.2, -0.15) is 0 Å². The van der Waals surface area contributed by atoms with Crippen LogP contribution in [0.15, 0.2) is 29.3 Å². The highest BCUT2D eigenvalue weighted by atomic mass is 32.2. The third kappa shape index (κ3) is 2.96. The fourth-order valence-corrected chi connectivity index (χ4v) is 5.28. The third-order valence-corrected chi connectivity index (χ3v) is 6.72. The van der Waals surface area contributed by atoms with Gasteiger partial charge >= 0.3 is 0 Å². The van der Waals surface area contributed by atoms with Gasteiger partial charge in [-0.3, -0.25) is 0 Å². The summed E-state index contributed by atoms with van der Waals surface area (Å²) in [7, 11) is 1.68. The standard InChI is InChI=1S/C18H19N3OS2/c1-22-12-8-6-11(7-9-12)10-23-18-16-15(17(19)21-18)20-13-4-2-3-5-14(13)24-16/h6-9H,2-5,10H2,1H3,(H2,19,21). The molecule has 1 aromatic rings. The number of nitrogens with zero attached hydrogens (tertiary/aromatic N) is 2. The lowest BCUT2D eigenvalue weighted by molar-refractivity contribution is 0.414. The number of methoxy groups -OCH3 is 1. The Morgan fingerprint density at radius 1 is 1.17 bits per heavy atom. The summed E-state index contributed by atoms with van der Waals surface area (Å²) in [4.78, 5) is 11.9. The summed E-state index contributed by atoms with van der Waals surface area (Å²) in [5.74, 6) is 2.30. The topological polar surface area (TPSA) is 61.0 Å². The van der Waals surface area contributed by atoms with E-state index in [1.165, 1.54) is 29.0 Å². The van der Waals surface area contributed by atoms with Crippen LogP contribution in [0.2, 0.25) is 0 Å². The number of benzene rings is 1. The van der Waals surface area contributed by atoms with Crippen molar-refractivity contribution in [3.8, 4) is 16.3 Å². The number of rotatable bonds is 4. The summed E-state index contributed by atoms with van der Waals surface area (Å²) in [6.07, 6.45) is 4.69. The van der Waals surface area contributed by atoms with Gasteiger partial charge in [-0.15, -0.1) is 23.1 Å². The van der Waals surface area contributed by atoms with Gasteiger partial charge in [0.25, 0.3) is 0 Å². The van der Waals surface area contributed by atoms with Crippen LogP contribution in [0.1, 0.15) is 29.0 Å².